The lowest BCUT2D eigenvalue weighted by Crippen LogP contribution is -2.19. The van der Waals surface area contributed by atoms with Gasteiger partial charge in [-0.05, 0) is 5.56 Å². The number of aromatic nitrogens is 2. The van der Waals surface area contributed by atoms with Crippen molar-refractivity contribution >= 4 is 5.97 Å². The van der Waals surface area contributed by atoms with E-state index in [1.54, 1.807) is 0 Å². The van der Waals surface area contributed by atoms with Crippen molar-refractivity contribution in [1.82, 2.24) is 14.9 Å². The number of carbonyl (C=O) groups is 1. The predicted molar refractivity (Wildman–Crippen MR) is 71.2 cm³/mol. The second kappa shape index (κ2) is 4.90. The minimum atomic E-state index is -1.16. The Labute approximate surface area is 114 Å². The molecule has 0 bridgehead atoms. The van der Waals surface area contributed by atoms with Crippen molar-refractivity contribution in [2.75, 3.05) is 0 Å². The smallest absolute Gasteiger partial charge is 0.355 e. The molecule has 2 heterocycles. The summed E-state index contributed by atoms with van der Waals surface area (Å²) in [5.74, 6) is -1.16. The average Bonchev–Trinajstić information content (AvgIpc) is 2.80. The fraction of sp³-hybridized carbons (Fsp3) is 0.214. The highest BCUT2D eigenvalue weighted by Crippen LogP contribution is 2.23. The Morgan fingerprint density at radius 1 is 1.30 bits per heavy atom. The van der Waals surface area contributed by atoms with Crippen LogP contribution in [0.1, 0.15) is 27.3 Å². The summed E-state index contributed by atoms with van der Waals surface area (Å²) in [6.07, 6.45) is 0. The summed E-state index contributed by atoms with van der Waals surface area (Å²) in [5.41, 5.74) is 1.65. The van der Waals surface area contributed by atoms with Crippen molar-refractivity contribution in [3.63, 3.8) is 0 Å². The molecular formula is C14H13N3O3. The largest absolute Gasteiger partial charge is 0.476 e. The van der Waals surface area contributed by atoms with Gasteiger partial charge in [-0.1, -0.05) is 30.3 Å². The number of carboxylic acid groups (broad SMARTS) is 1. The van der Waals surface area contributed by atoms with Crippen LogP contribution in [-0.2, 0) is 19.6 Å². The quantitative estimate of drug-likeness (QED) is 0.869. The third kappa shape index (κ3) is 2.33. The minimum absolute atomic E-state index is 0.140. The summed E-state index contributed by atoms with van der Waals surface area (Å²) < 4.78 is 0. The fourth-order valence-corrected chi connectivity index (χ4v) is 2.48. The Balaban J connectivity index is 1.87. The molecule has 2 N–H and O–H groups in total. The van der Waals surface area contributed by atoms with Crippen LogP contribution in [0.5, 0.6) is 0 Å². The van der Waals surface area contributed by atoms with Crippen LogP contribution in [-0.4, -0.2) is 25.9 Å². The molecule has 20 heavy (non-hydrogen) atoms. The van der Waals surface area contributed by atoms with Gasteiger partial charge in [0.1, 0.15) is 0 Å². The van der Waals surface area contributed by atoms with E-state index in [9.17, 15) is 9.59 Å². The highest BCUT2D eigenvalue weighted by molar-refractivity contribution is 5.87. The van der Waals surface area contributed by atoms with E-state index in [1.807, 2.05) is 30.3 Å². The van der Waals surface area contributed by atoms with Gasteiger partial charge in [-0.3, -0.25) is 4.90 Å². The molecule has 0 spiro atoms. The molecule has 6 heteroatoms. The van der Waals surface area contributed by atoms with Gasteiger partial charge >= 0.3 is 11.7 Å². The zero-order chi connectivity index (χ0) is 14.1. The molecule has 1 aromatic heterocycles. The first-order valence-corrected chi connectivity index (χ1v) is 6.25. The topological polar surface area (TPSA) is 86.3 Å². The Kier molecular flexibility index (Phi) is 3.08. The van der Waals surface area contributed by atoms with E-state index < -0.39 is 11.7 Å². The van der Waals surface area contributed by atoms with E-state index in [4.69, 9.17) is 5.11 Å². The molecule has 2 aromatic rings. The van der Waals surface area contributed by atoms with E-state index in [1.165, 1.54) is 0 Å². The molecule has 0 aliphatic carbocycles. The summed E-state index contributed by atoms with van der Waals surface area (Å²) in [7, 11) is 0. The molecule has 6 nitrogen and oxygen atoms in total. The first-order valence-electron chi connectivity index (χ1n) is 6.25. The van der Waals surface area contributed by atoms with E-state index in [0.29, 0.717) is 30.9 Å². The van der Waals surface area contributed by atoms with Gasteiger partial charge in [-0.25, -0.2) is 9.59 Å². The maximum atomic E-state index is 11.4. The van der Waals surface area contributed by atoms with Gasteiger partial charge in [-0.15, -0.1) is 0 Å². The summed E-state index contributed by atoms with van der Waals surface area (Å²) in [6, 6.07) is 9.91. The summed E-state index contributed by atoms with van der Waals surface area (Å²) in [6.45, 7) is 1.72. The Morgan fingerprint density at radius 3 is 2.75 bits per heavy atom. The molecule has 1 aliphatic rings. The number of aromatic carboxylic acids is 1. The molecule has 0 amide bonds. The number of benzene rings is 1. The standard InChI is InChI=1S/C14H13N3O3/c18-13(19)12-10-7-17(6-9-4-2-1-3-5-9)8-11(10)15-14(20)16-12/h1-5H,6-8H2,(H,18,19)(H,15,16,20). The van der Waals surface area contributed by atoms with Crippen LogP contribution in [0, 0.1) is 0 Å². The maximum Gasteiger partial charge on any atom is 0.355 e. The molecule has 0 unspecified atom stereocenters. The molecule has 0 saturated carbocycles. The Bertz CT molecular complexity index is 709. The highest BCUT2D eigenvalue weighted by Gasteiger charge is 2.26. The number of hydrogen-bond donors (Lipinski definition) is 2. The first-order chi connectivity index (χ1) is 9.63. The third-order valence-electron chi connectivity index (χ3n) is 3.34. The van der Waals surface area contributed by atoms with Gasteiger partial charge in [0.25, 0.3) is 0 Å². The number of rotatable bonds is 3. The molecule has 102 valence electrons. The number of hydrogen-bond acceptors (Lipinski definition) is 4. The monoisotopic (exact) mass is 271 g/mol. The average molecular weight is 271 g/mol. The van der Waals surface area contributed by atoms with E-state index in [2.05, 4.69) is 14.9 Å². The zero-order valence-electron chi connectivity index (χ0n) is 10.7. The Hall–Kier alpha value is -2.47. The van der Waals surface area contributed by atoms with E-state index in [0.717, 1.165) is 5.56 Å². The number of nitrogens with zero attached hydrogens (tertiary/aromatic N) is 2. The van der Waals surface area contributed by atoms with Crippen LogP contribution in [0.3, 0.4) is 0 Å². The van der Waals surface area contributed by atoms with Crippen molar-refractivity contribution in [1.29, 1.82) is 0 Å². The van der Waals surface area contributed by atoms with Crippen molar-refractivity contribution in [2.45, 2.75) is 19.6 Å². The van der Waals surface area contributed by atoms with Crippen LogP contribution in [0.2, 0.25) is 0 Å². The van der Waals surface area contributed by atoms with Crippen LogP contribution in [0.25, 0.3) is 0 Å². The van der Waals surface area contributed by atoms with Gasteiger partial charge in [0, 0.05) is 30.9 Å². The van der Waals surface area contributed by atoms with Crippen molar-refractivity contribution < 1.29 is 9.90 Å². The van der Waals surface area contributed by atoms with Gasteiger partial charge < -0.3 is 10.1 Å². The molecule has 0 radical (unpaired) electrons. The van der Waals surface area contributed by atoms with Gasteiger partial charge in [0.15, 0.2) is 5.69 Å². The van der Waals surface area contributed by atoms with Gasteiger partial charge in [-0.2, -0.15) is 4.98 Å². The summed E-state index contributed by atoms with van der Waals surface area (Å²) in [5, 5.41) is 9.12. The van der Waals surface area contributed by atoms with Crippen LogP contribution >= 0.6 is 0 Å². The van der Waals surface area contributed by atoms with Crippen molar-refractivity contribution in [3.05, 3.63) is 63.3 Å². The normalized spacial score (nSPS) is 14.2. The third-order valence-corrected chi connectivity index (χ3v) is 3.34. The van der Waals surface area contributed by atoms with Crippen molar-refractivity contribution in [2.24, 2.45) is 0 Å². The lowest BCUT2D eigenvalue weighted by molar-refractivity contribution is 0.0688. The summed E-state index contributed by atoms with van der Waals surface area (Å²) in [4.78, 5) is 30.8. The second-order valence-electron chi connectivity index (χ2n) is 4.78. The van der Waals surface area contributed by atoms with Gasteiger partial charge in [0.05, 0.1) is 0 Å². The molecule has 3 rings (SSSR count). The second-order valence-corrected chi connectivity index (χ2v) is 4.78. The fourth-order valence-electron chi connectivity index (χ4n) is 2.48. The highest BCUT2D eigenvalue weighted by atomic mass is 16.4. The number of nitrogens with one attached hydrogen (secondary N) is 1. The maximum absolute atomic E-state index is 11.4. The lowest BCUT2D eigenvalue weighted by atomic mass is 10.2. The van der Waals surface area contributed by atoms with E-state index in [-0.39, 0.29) is 5.69 Å². The molecule has 1 aromatic carbocycles. The minimum Gasteiger partial charge on any atom is -0.476 e. The molecule has 0 fully saturated rings. The zero-order valence-corrected chi connectivity index (χ0v) is 10.7. The number of aromatic amines is 1. The van der Waals surface area contributed by atoms with Gasteiger partial charge in [0.2, 0.25) is 0 Å². The number of H-pyrrole nitrogens is 1. The SMILES string of the molecule is O=C(O)c1nc(=O)[nH]c2c1CN(Cc1ccccc1)C2. The molecule has 1 aliphatic heterocycles. The number of carboxylic acids is 1. The number of fused-ring (bicyclic) bond motifs is 1. The molecule has 0 saturated heterocycles. The van der Waals surface area contributed by atoms with Crippen LogP contribution in [0.15, 0.2) is 35.1 Å². The molecular weight excluding hydrogens is 258 g/mol. The van der Waals surface area contributed by atoms with Crippen LogP contribution in [0.4, 0.5) is 0 Å². The lowest BCUT2D eigenvalue weighted by Gasteiger charge is -2.14. The van der Waals surface area contributed by atoms with Crippen LogP contribution < -0.4 is 5.69 Å². The predicted octanol–water partition coefficient (Wildman–Crippen LogP) is 0.984. The Morgan fingerprint density at radius 2 is 2.05 bits per heavy atom. The van der Waals surface area contributed by atoms with E-state index >= 15 is 0 Å². The summed E-state index contributed by atoms with van der Waals surface area (Å²) >= 11 is 0. The first kappa shape index (κ1) is 12.6. The molecule has 0 atom stereocenters. The van der Waals surface area contributed by atoms with Crippen molar-refractivity contribution in [3.8, 4) is 0 Å².